The Morgan fingerprint density at radius 3 is 2.48 bits per heavy atom. The van der Waals surface area contributed by atoms with Crippen LogP contribution in [-0.4, -0.2) is 26.2 Å². The van der Waals surface area contributed by atoms with E-state index < -0.39 is 0 Å². The molecule has 25 heavy (non-hydrogen) atoms. The van der Waals surface area contributed by atoms with Gasteiger partial charge in [0.1, 0.15) is 0 Å². The summed E-state index contributed by atoms with van der Waals surface area (Å²) in [4.78, 5) is 20.7. The fourth-order valence-corrected chi connectivity index (χ4v) is 2.29. The standard InChI is InChI=1S/C18H28N6O/c1-11(2)15-16(20-8-7-19-15)22-17(25)21-14-10-13(23-24-14)9-12(3)18(4,5)6/h7-8,10-12H,9H2,1-6H3,(H3,20,21,22,23,24,25). The third-order valence-electron chi connectivity index (χ3n) is 4.38. The Morgan fingerprint density at radius 2 is 1.84 bits per heavy atom. The van der Waals surface area contributed by atoms with Crippen LogP contribution in [0.25, 0.3) is 0 Å². The normalized spacial score (nSPS) is 12.9. The molecule has 0 fully saturated rings. The highest BCUT2D eigenvalue weighted by molar-refractivity contribution is 5.98. The lowest BCUT2D eigenvalue weighted by Crippen LogP contribution is -2.21. The number of amides is 2. The van der Waals surface area contributed by atoms with Crippen LogP contribution in [-0.2, 0) is 6.42 Å². The van der Waals surface area contributed by atoms with Gasteiger partial charge < -0.3 is 0 Å². The zero-order valence-corrected chi connectivity index (χ0v) is 15.8. The summed E-state index contributed by atoms with van der Waals surface area (Å²) in [5.74, 6) is 1.61. The Kier molecular flexibility index (Phi) is 5.77. The molecule has 2 aromatic rings. The Morgan fingerprint density at radius 1 is 1.16 bits per heavy atom. The molecule has 1 unspecified atom stereocenters. The number of carbonyl (C=O) groups is 1. The lowest BCUT2D eigenvalue weighted by atomic mass is 9.79. The van der Waals surface area contributed by atoms with Crippen molar-refractivity contribution < 1.29 is 4.79 Å². The minimum absolute atomic E-state index is 0.167. The van der Waals surface area contributed by atoms with Gasteiger partial charge in [-0.2, -0.15) is 5.10 Å². The van der Waals surface area contributed by atoms with Gasteiger partial charge in [-0.15, -0.1) is 0 Å². The van der Waals surface area contributed by atoms with Gasteiger partial charge in [0.25, 0.3) is 0 Å². The summed E-state index contributed by atoms with van der Waals surface area (Å²) in [5, 5.41) is 12.6. The summed E-state index contributed by atoms with van der Waals surface area (Å²) in [6, 6.07) is 1.48. The van der Waals surface area contributed by atoms with Crippen LogP contribution in [0.3, 0.4) is 0 Å². The first kappa shape index (κ1) is 18.9. The second-order valence-electron chi connectivity index (χ2n) is 7.77. The average Bonchev–Trinajstić information content (AvgIpc) is 2.93. The van der Waals surface area contributed by atoms with Crippen LogP contribution in [0.4, 0.5) is 16.4 Å². The van der Waals surface area contributed by atoms with E-state index in [-0.39, 0.29) is 17.4 Å². The Hall–Kier alpha value is -2.44. The number of anilines is 2. The number of hydrogen-bond donors (Lipinski definition) is 3. The zero-order chi connectivity index (χ0) is 18.6. The molecular formula is C18H28N6O. The van der Waals surface area contributed by atoms with E-state index in [1.165, 1.54) is 0 Å². The van der Waals surface area contributed by atoms with Crippen molar-refractivity contribution in [1.29, 1.82) is 0 Å². The molecule has 0 saturated heterocycles. The van der Waals surface area contributed by atoms with E-state index in [0.717, 1.165) is 17.8 Å². The highest BCUT2D eigenvalue weighted by Crippen LogP contribution is 2.28. The first-order valence-electron chi connectivity index (χ1n) is 8.60. The highest BCUT2D eigenvalue weighted by atomic mass is 16.2. The van der Waals surface area contributed by atoms with E-state index in [0.29, 0.717) is 17.6 Å². The largest absolute Gasteiger partial charge is 0.326 e. The average molecular weight is 344 g/mol. The maximum absolute atomic E-state index is 12.2. The molecule has 2 amide bonds. The molecule has 2 aromatic heterocycles. The monoisotopic (exact) mass is 344 g/mol. The van der Waals surface area contributed by atoms with E-state index in [9.17, 15) is 4.79 Å². The second-order valence-corrected chi connectivity index (χ2v) is 7.77. The van der Waals surface area contributed by atoms with Crippen LogP contribution < -0.4 is 10.6 Å². The molecule has 3 N–H and O–H groups in total. The summed E-state index contributed by atoms with van der Waals surface area (Å²) in [7, 11) is 0. The zero-order valence-electron chi connectivity index (χ0n) is 15.8. The van der Waals surface area contributed by atoms with Crippen LogP contribution in [0.15, 0.2) is 18.5 Å². The fourth-order valence-electron chi connectivity index (χ4n) is 2.29. The highest BCUT2D eigenvalue weighted by Gasteiger charge is 2.21. The third kappa shape index (κ3) is 5.27. The van der Waals surface area contributed by atoms with Crippen LogP contribution in [0, 0.1) is 11.3 Å². The van der Waals surface area contributed by atoms with Crippen LogP contribution in [0.5, 0.6) is 0 Å². The van der Waals surface area contributed by atoms with E-state index in [2.05, 4.69) is 58.5 Å². The smallest absolute Gasteiger partial charge is 0.291 e. The maximum Gasteiger partial charge on any atom is 0.326 e. The topological polar surface area (TPSA) is 95.6 Å². The van der Waals surface area contributed by atoms with Gasteiger partial charge in [0.2, 0.25) is 0 Å². The van der Waals surface area contributed by atoms with Crippen molar-refractivity contribution in [2.45, 2.75) is 53.9 Å². The van der Waals surface area contributed by atoms with Crippen molar-refractivity contribution in [2.75, 3.05) is 10.6 Å². The molecule has 0 bridgehead atoms. The lowest BCUT2D eigenvalue weighted by Gasteiger charge is -2.26. The first-order valence-corrected chi connectivity index (χ1v) is 8.60. The molecule has 0 spiro atoms. The molecule has 7 heteroatoms. The molecule has 0 aliphatic carbocycles. The summed E-state index contributed by atoms with van der Waals surface area (Å²) < 4.78 is 0. The van der Waals surface area contributed by atoms with E-state index in [1.807, 2.05) is 19.9 Å². The van der Waals surface area contributed by atoms with Gasteiger partial charge in [0.05, 0.1) is 5.69 Å². The van der Waals surface area contributed by atoms with E-state index >= 15 is 0 Å². The molecule has 0 saturated carbocycles. The molecule has 1 atom stereocenters. The SMILES string of the molecule is CC(C)c1nccnc1NC(=O)Nc1cc(CC(C)C(C)(C)C)[nH]n1. The van der Waals surface area contributed by atoms with Crippen LogP contribution in [0.2, 0.25) is 0 Å². The molecular weight excluding hydrogens is 316 g/mol. The predicted molar refractivity (Wildman–Crippen MR) is 99.7 cm³/mol. The van der Waals surface area contributed by atoms with Gasteiger partial charge in [-0.1, -0.05) is 41.5 Å². The summed E-state index contributed by atoms with van der Waals surface area (Å²) in [6.07, 6.45) is 4.05. The van der Waals surface area contributed by atoms with Crippen molar-refractivity contribution in [2.24, 2.45) is 11.3 Å². The molecule has 136 valence electrons. The van der Waals surface area contributed by atoms with Gasteiger partial charge in [0, 0.05) is 24.2 Å². The summed E-state index contributed by atoms with van der Waals surface area (Å²) >= 11 is 0. The third-order valence-corrected chi connectivity index (χ3v) is 4.38. The quantitative estimate of drug-likeness (QED) is 0.757. The lowest BCUT2D eigenvalue weighted by molar-refractivity contribution is 0.258. The van der Waals surface area contributed by atoms with Crippen molar-refractivity contribution in [3.63, 3.8) is 0 Å². The van der Waals surface area contributed by atoms with Gasteiger partial charge in [0.15, 0.2) is 11.6 Å². The Labute approximate surface area is 149 Å². The number of carbonyl (C=O) groups excluding carboxylic acids is 1. The number of aromatic nitrogens is 4. The molecule has 0 aromatic carbocycles. The minimum Gasteiger partial charge on any atom is -0.291 e. The van der Waals surface area contributed by atoms with Gasteiger partial charge in [-0.3, -0.25) is 20.7 Å². The van der Waals surface area contributed by atoms with Crippen LogP contribution >= 0.6 is 0 Å². The summed E-state index contributed by atoms with van der Waals surface area (Å²) in [5.41, 5.74) is 1.97. The molecule has 2 heterocycles. The maximum atomic E-state index is 12.2. The van der Waals surface area contributed by atoms with Crippen molar-refractivity contribution >= 4 is 17.7 Å². The summed E-state index contributed by atoms with van der Waals surface area (Å²) in [6.45, 7) is 12.9. The molecule has 0 aliphatic heterocycles. The number of hydrogen-bond acceptors (Lipinski definition) is 4. The van der Waals surface area contributed by atoms with Gasteiger partial charge >= 0.3 is 6.03 Å². The van der Waals surface area contributed by atoms with E-state index in [4.69, 9.17) is 0 Å². The molecule has 0 radical (unpaired) electrons. The second kappa shape index (κ2) is 7.63. The van der Waals surface area contributed by atoms with Crippen molar-refractivity contribution in [1.82, 2.24) is 20.2 Å². The Bertz CT molecular complexity index is 716. The molecule has 0 aliphatic rings. The number of nitrogens with zero attached hydrogens (tertiary/aromatic N) is 3. The van der Waals surface area contributed by atoms with Crippen molar-refractivity contribution in [3.05, 3.63) is 29.8 Å². The van der Waals surface area contributed by atoms with Gasteiger partial charge in [-0.05, 0) is 23.7 Å². The minimum atomic E-state index is -0.385. The molecule has 7 nitrogen and oxygen atoms in total. The predicted octanol–water partition coefficient (Wildman–Crippen LogP) is 4.19. The number of nitrogens with one attached hydrogen (secondary N) is 3. The van der Waals surface area contributed by atoms with E-state index in [1.54, 1.807) is 12.4 Å². The first-order chi connectivity index (χ1) is 11.7. The van der Waals surface area contributed by atoms with Gasteiger partial charge in [-0.25, -0.2) is 9.78 Å². The number of aromatic amines is 1. The van der Waals surface area contributed by atoms with Crippen LogP contribution in [0.1, 0.15) is 58.8 Å². The van der Waals surface area contributed by atoms with Crippen molar-refractivity contribution in [3.8, 4) is 0 Å². The molecule has 2 rings (SSSR count). The number of rotatable bonds is 5. The number of urea groups is 1. The Balaban J connectivity index is 1.98. The fraction of sp³-hybridized carbons (Fsp3) is 0.556. The number of H-pyrrole nitrogens is 1.